The van der Waals surface area contributed by atoms with Crippen molar-refractivity contribution in [1.29, 1.82) is 0 Å². The van der Waals surface area contributed by atoms with Crippen LogP contribution in [-0.4, -0.2) is 157 Å². The van der Waals surface area contributed by atoms with Gasteiger partial charge in [0, 0.05) is 77.1 Å². The third-order valence-corrected chi connectivity index (χ3v) is 13.8. The third kappa shape index (κ3) is 11.0. The molecule has 4 amide bonds. The van der Waals surface area contributed by atoms with E-state index in [1.165, 1.54) is 0 Å². The molecule has 0 bridgehead atoms. The van der Waals surface area contributed by atoms with Crippen LogP contribution < -0.4 is 11.1 Å². The summed E-state index contributed by atoms with van der Waals surface area (Å²) in [5.41, 5.74) is 4.47. The minimum atomic E-state index is -1.06. The minimum absolute atomic E-state index is 0.0187. The molecule has 4 saturated heterocycles. The lowest BCUT2D eigenvalue weighted by Crippen LogP contribution is -2.52. The van der Waals surface area contributed by atoms with Gasteiger partial charge >= 0.3 is 23.8 Å². The van der Waals surface area contributed by atoms with Crippen molar-refractivity contribution in [2.75, 3.05) is 97.1 Å². The van der Waals surface area contributed by atoms with Crippen LogP contribution in [0.5, 0.6) is 0 Å². The van der Waals surface area contributed by atoms with Crippen molar-refractivity contribution >= 4 is 40.8 Å². The Morgan fingerprint density at radius 3 is 2.27 bits per heavy atom. The van der Waals surface area contributed by atoms with Crippen molar-refractivity contribution in [3.8, 4) is 0 Å². The summed E-state index contributed by atoms with van der Waals surface area (Å²) < 4.78 is 22.4. The van der Waals surface area contributed by atoms with Crippen LogP contribution in [-0.2, 0) is 36.6 Å². The molecule has 4 fully saturated rings. The van der Waals surface area contributed by atoms with E-state index in [2.05, 4.69) is 20.1 Å². The number of aryl methyl sites for hydroxylation is 1. The van der Waals surface area contributed by atoms with Gasteiger partial charge in [0.05, 0.1) is 31.8 Å². The van der Waals surface area contributed by atoms with Crippen molar-refractivity contribution in [2.24, 2.45) is 11.8 Å². The molecule has 6 heterocycles. The van der Waals surface area contributed by atoms with E-state index in [4.69, 9.17) is 18.6 Å². The van der Waals surface area contributed by atoms with Gasteiger partial charge in [0.15, 0.2) is 11.7 Å². The van der Waals surface area contributed by atoms with Gasteiger partial charge in [-0.3, -0.25) is 19.5 Å². The maximum Gasteiger partial charge on any atom is 0.417 e. The maximum absolute atomic E-state index is 14.4. The predicted molar refractivity (Wildman–Crippen MR) is 232 cm³/mol. The van der Waals surface area contributed by atoms with Crippen LogP contribution in [0.1, 0.15) is 68.1 Å². The predicted octanol–water partition coefficient (Wildman–Crippen LogP) is 4.64. The second kappa shape index (κ2) is 20.5. The molecule has 2 aromatic carbocycles. The topological polar surface area (TPSA) is 170 Å². The van der Waals surface area contributed by atoms with E-state index in [1.807, 2.05) is 47.1 Å². The van der Waals surface area contributed by atoms with Gasteiger partial charge in [-0.1, -0.05) is 24.3 Å². The molecule has 336 valence electrons. The largest absolute Gasteiger partial charge is 0.466 e. The number of morpholine rings is 1. The molecule has 5 aliphatic heterocycles. The van der Waals surface area contributed by atoms with Crippen LogP contribution in [0.4, 0.5) is 15.3 Å². The Hall–Kier alpha value is -4.93. The highest BCUT2D eigenvalue weighted by Crippen LogP contribution is 2.33. The average Bonchev–Trinajstić information content (AvgIpc) is 3.59. The standard InChI is InChI=1S/C46H63N7O9/c1-32-29-33(30-39-42(32)48-45(57)61-39)31-40(62-46(58)52-21-12-37(13-22-52)53-23-11-36-5-2-3-6-38(36)47-44(53)56)43(55)51-19-9-35(10-20-51)34-7-16-50(17-8-34)18-14-41(54)60-26-4-15-49-24-27-59-28-25-49/h2-3,5-6,29-30,34-35,37,40H,4,7-28,31H2,1H3,(H,47,56)(H,48,57)/t40-/m1/s1. The number of nitrogens with zero attached hydrogens (tertiary/aromatic N) is 5. The fraction of sp³-hybridized carbons (Fsp3) is 0.630. The molecule has 0 aliphatic carbocycles. The molecular weight excluding hydrogens is 795 g/mol. The van der Waals surface area contributed by atoms with Crippen molar-refractivity contribution in [3.63, 3.8) is 0 Å². The van der Waals surface area contributed by atoms with E-state index in [1.54, 1.807) is 11.0 Å². The first-order valence-corrected chi connectivity index (χ1v) is 22.9. The maximum atomic E-state index is 14.4. The Morgan fingerprint density at radius 1 is 0.823 bits per heavy atom. The first kappa shape index (κ1) is 43.7. The number of fused-ring (bicyclic) bond motifs is 2. The molecule has 0 spiro atoms. The van der Waals surface area contributed by atoms with Crippen molar-refractivity contribution < 1.29 is 37.8 Å². The number of amides is 4. The Kier molecular flexibility index (Phi) is 14.5. The number of para-hydroxylation sites is 1. The van der Waals surface area contributed by atoms with Crippen LogP contribution in [0.15, 0.2) is 45.6 Å². The number of aromatic amines is 1. The zero-order valence-corrected chi connectivity index (χ0v) is 36.2. The fourth-order valence-corrected chi connectivity index (χ4v) is 10.2. The lowest BCUT2D eigenvalue weighted by molar-refractivity contribution is -0.144. The van der Waals surface area contributed by atoms with Crippen LogP contribution in [0.2, 0.25) is 0 Å². The normalized spacial score (nSPS) is 20.7. The van der Waals surface area contributed by atoms with Crippen molar-refractivity contribution in [2.45, 2.75) is 83.3 Å². The van der Waals surface area contributed by atoms with Gasteiger partial charge < -0.3 is 43.5 Å². The number of hydrogen-bond acceptors (Lipinski definition) is 11. The zero-order valence-electron chi connectivity index (χ0n) is 36.2. The Bertz CT molecular complexity index is 2080. The number of likely N-dealkylation sites (tertiary alicyclic amines) is 3. The summed E-state index contributed by atoms with van der Waals surface area (Å²) in [6, 6.07) is 11.3. The number of urea groups is 1. The summed E-state index contributed by atoms with van der Waals surface area (Å²) in [5.74, 6) is 0.167. The van der Waals surface area contributed by atoms with Crippen LogP contribution in [0, 0.1) is 18.8 Å². The van der Waals surface area contributed by atoms with Gasteiger partial charge in [-0.05, 0) is 112 Å². The number of anilines is 1. The molecular formula is C46H63N7O9. The number of esters is 1. The third-order valence-electron chi connectivity index (χ3n) is 13.8. The van der Waals surface area contributed by atoms with E-state index in [-0.39, 0.29) is 30.4 Å². The monoisotopic (exact) mass is 857 g/mol. The summed E-state index contributed by atoms with van der Waals surface area (Å²) in [5, 5.41) is 3.05. The first-order chi connectivity index (χ1) is 30.2. The molecule has 62 heavy (non-hydrogen) atoms. The second-order valence-electron chi connectivity index (χ2n) is 17.7. The molecule has 16 heteroatoms. The number of benzene rings is 2. The van der Waals surface area contributed by atoms with Gasteiger partial charge in [-0.15, -0.1) is 0 Å². The molecule has 3 aromatic rings. The smallest absolute Gasteiger partial charge is 0.417 e. The van der Waals surface area contributed by atoms with E-state index in [0.29, 0.717) is 88.1 Å². The van der Waals surface area contributed by atoms with E-state index in [0.717, 1.165) is 107 Å². The summed E-state index contributed by atoms with van der Waals surface area (Å²) >= 11 is 0. The van der Waals surface area contributed by atoms with Gasteiger partial charge in [0.2, 0.25) is 0 Å². The Labute approximate surface area is 363 Å². The highest BCUT2D eigenvalue weighted by atomic mass is 16.6. The number of oxazole rings is 1. The fourth-order valence-electron chi connectivity index (χ4n) is 10.2. The molecule has 2 N–H and O–H groups in total. The Morgan fingerprint density at radius 2 is 1.52 bits per heavy atom. The molecule has 0 unspecified atom stereocenters. The highest BCUT2D eigenvalue weighted by molar-refractivity contribution is 5.91. The molecule has 8 rings (SSSR count). The quantitative estimate of drug-likeness (QED) is 0.182. The highest BCUT2D eigenvalue weighted by Gasteiger charge is 2.37. The minimum Gasteiger partial charge on any atom is -0.466 e. The van der Waals surface area contributed by atoms with Crippen molar-refractivity contribution in [1.82, 2.24) is 29.5 Å². The summed E-state index contributed by atoms with van der Waals surface area (Å²) in [4.78, 5) is 78.6. The number of aromatic nitrogens is 1. The van der Waals surface area contributed by atoms with Gasteiger partial charge in [-0.25, -0.2) is 14.4 Å². The number of H-pyrrole nitrogens is 1. The number of nitrogens with one attached hydrogen (secondary N) is 2. The van der Waals surface area contributed by atoms with Gasteiger partial charge in [0.1, 0.15) is 0 Å². The lowest BCUT2D eigenvalue weighted by atomic mass is 9.78. The number of carbonyl (C=O) groups is 4. The molecule has 0 saturated carbocycles. The van der Waals surface area contributed by atoms with Crippen molar-refractivity contribution in [3.05, 3.63) is 63.6 Å². The number of carbonyl (C=O) groups excluding carboxylic acids is 4. The number of rotatable bonds is 13. The van der Waals surface area contributed by atoms with Crippen LogP contribution in [0.25, 0.3) is 11.1 Å². The first-order valence-electron chi connectivity index (χ1n) is 22.9. The molecule has 16 nitrogen and oxygen atoms in total. The SMILES string of the molecule is Cc1cc(C[C@@H](OC(=O)N2CCC(N3CCc4ccccc4NC3=O)CC2)C(=O)N2CCC(C3CCN(CCC(=O)OCCCN4CCOCC4)CC3)CC2)cc2oc(=O)[nH]c12. The van der Waals surface area contributed by atoms with E-state index in [9.17, 15) is 24.0 Å². The number of piperidine rings is 3. The van der Waals surface area contributed by atoms with E-state index < -0.39 is 18.0 Å². The van der Waals surface area contributed by atoms with Gasteiger partial charge in [0.25, 0.3) is 5.91 Å². The summed E-state index contributed by atoms with van der Waals surface area (Å²) in [6.45, 7) is 11.9. The molecule has 5 aliphatic rings. The molecule has 1 aromatic heterocycles. The van der Waals surface area contributed by atoms with Crippen LogP contribution in [0.3, 0.4) is 0 Å². The average molecular weight is 858 g/mol. The number of hydrogen-bond donors (Lipinski definition) is 2. The molecule has 1 atom stereocenters. The summed E-state index contributed by atoms with van der Waals surface area (Å²) in [7, 11) is 0. The zero-order chi connectivity index (χ0) is 43.0. The summed E-state index contributed by atoms with van der Waals surface area (Å²) in [6.07, 6.45) is 5.66. The Balaban J connectivity index is 0.815. The number of ether oxygens (including phenoxy) is 3. The van der Waals surface area contributed by atoms with Crippen LogP contribution >= 0.6 is 0 Å². The lowest BCUT2D eigenvalue weighted by Gasteiger charge is -2.41. The van der Waals surface area contributed by atoms with E-state index >= 15 is 0 Å². The second-order valence-corrected chi connectivity index (χ2v) is 17.7. The molecule has 0 radical (unpaired) electrons. The van der Waals surface area contributed by atoms with Gasteiger partial charge in [-0.2, -0.15) is 0 Å².